The molecule has 9 heteroatoms. The van der Waals surface area contributed by atoms with Gasteiger partial charge in [-0.3, -0.25) is 18.9 Å². The van der Waals surface area contributed by atoms with Crippen molar-refractivity contribution in [2.45, 2.75) is 25.4 Å². The van der Waals surface area contributed by atoms with Crippen molar-refractivity contribution in [3.63, 3.8) is 0 Å². The second-order valence-corrected chi connectivity index (χ2v) is 9.87. The molecule has 2 fully saturated rings. The van der Waals surface area contributed by atoms with E-state index in [1.54, 1.807) is 29.3 Å². The molecule has 1 amide bonds. The van der Waals surface area contributed by atoms with Crippen molar-refractivity contribution in [3.8, 4) is 0 Å². The number of fused-ring (bicyclic) bond motifs is 1. The third-order valence-corrected chi connectivity index (χ3v) is 7.28. The average Bonchev–Trinajstić information content (AvgIpc) is 3.47. The lowest BCUT2D eigenvalue weighted by atomic mass is 10.1. The largest absolute Gasteiger partial charge is 0.376 e. The summed E-state index contributed by atoms with van der Waals surface area (Å²) in [5.74, 6) is 0.259. The van der Waals surface area contributed by atoms with Crippen LogP contribution < -0.4 is 10.9 Å². The van der Waals surface area contributed by atoms with Gasteiger partial charge in [-0.1, -0.05) is 60.4 Å². The van der Waals surface area contributed by atoms with E-state index in [-0.39, 0.29) is 17.6 Å². The smallest absolute Gasteiger partial charge is 0.267 e. The Morgan fingerprint density at radius 1 is 1.18 bits per heavy atom. The molecule has 1 aromatic carbocycles. The molecule has 0 radical (unpaired) electrons. The lowest BCUT2D eigenvalue weighted by Gasteiger charge is -2.15. The molecular formula is C25H24N4O3S2. The Labute approximate surface area is 206 Å². The maximum absolute atomic E-state index is 13.4. The minimum absolute atomic E-state index is 0.0834. The second-order valence-electron chi connectivity index (χ2n) is 8.19. The third-order valence-electron chi connectivity index (χ3n) is 5.91. The number of carbonyl (C=O) groups is 1. The van der Waals surface area contributed by atoms with Crippen LogP contribution in [0.4, 0.5) is 5.82 Å². The lowest BCUT2D eigenvalue weighted by molar-refractivity contribution is -0.122. The molecule has 2 aliphatic rings. The van der Waals surface area contributed by atoms with Crippen molar-refractivity contribution in [2.75, 3.05) is 25.0 Å². The molecule has 0 unspecified atom stereocenters. The molecule has 34 heavy (non-hydrogen) atoms. The number of rotatable bonds is 7. The van der Waals surface area contributed by atoms with Crippen LogP contribution in [0.2, 0.25) is 0 Å². The van der Waals surface area contributed by atoms with Gasteiger partial charge in [0.15, 0.2) is 0 Å². The first-order chi connectivity index (χ1) is 16.6. The lowest BCUT2D eigenvalue weighted by Crippen LogP contribution is -2.30. The molecule has 7 nitrogen and oxygen atoms in total. The predicted octanol–water partition coefficient (Wildman–Crippen LogP) is 3.73. The SMILES string of the molecule is O=C1/C(=C/c2c(NC[C@H]3CCCO3)nc3ccccn3c2=O)SC(=S)N1CCc1ccccc1. The average molecular weight is 493 g/mol. The zero-order valence-corrected chi connectivity index (χ0v) is 20.1. The number of benzene rings is 1. The molecule has 0 saturated carbocycles. The summed E-state index contributed by atoms with van der Waals surface area (Å²) in [6.45, 7) is 1.79. The number of aromatic nitrogens is 2. The van der Waals surface area contributed by atoms with Crippen molar-refractivity contribution in [2.24, 2.45) is 0 Å². The number of hydrogen-bond donors (Lipinski definition) is 1. The number of anilines is 1. The highest BCUT2D eigenvalue weighted by atomic mass is 32.2. The van der Waals surface area contributed by atoms with Gasteiger partial charge in [-0.2, -0.15) is 0 Å². The van der Waals surface area contributed by atoms with Gasteiger partial charge in [0.05, 0.1) is 16.6 Å². The van der Waals surface area contributed by atoms with Crippen LogP contribution in [0.25, 0.3) is 11.7 Å². The Morgan fingerprint density at radius 2 is 2.00 bits per heavy atom. The van der Waals surface area contributed by atoms with Gasteiger partial charge in [0.1, 0.15) is 15.8 Å². The first-order valence-electron chi connectivity index (χ1n) is 11.3. The molecule has 0 bridgehead atoms. The summed E-state index contributed by atoms with van der Waals surface area (Å²) in [5, 5.41) is 3.29. The number of thioether (sulfide) groups is 1. The number of hydrogen-bond acceptors (Lipinski definition) is 7. The van der Waals surface area contributed by atoms with Crippen LogP contribution in [0.1, 0.15) is 24.0 Å². The summed E-state index contributed by atoms with van der Waals surface area (Å²) in [4.78, 5) is 33.2. The maximum Gasteiger partial charge on any atom is 0.267 e. The van der Waals surface area contributed by atoms with E-state index < -0.39 is 0 Å². The summed E-state index contributed by atoms with van der Waals surface area (Å²) in [6.07, 6.45) is 6.08. The molecule has 4 heterocycles. The third kappa shape index (κ3) is 4.77. The second kappa shape index (κ2) is 10.1. The number of carbonyl (C=O) groups excluding carboxylic acids is 1. The molecule has 174 valence electrons. The fraction of sp³-hybridized carbons (Fsp3) is 0.280. The Kier molecular flexibility index (Phi) is 6.75. The minimum atomic E-state index is -0.241. The highest BCUT2D eigenvalue weighted by molar-refractivity contribution is 8.26. The van der Waals surface area contributed by atoms with E-state index in [0.29, 0.717) is 45.8 Å². The normalized spacial score (nSPS) is 19.5. The van der Waals surface area contributed by atoms with Gasteiger partial charge in [-0.15, -0.1) is 0 Å². The maximum atomic E-state index is 13.4. The number of ether oxygens (including phenoxy) is 1. The van der Waals surface area contributed by atoms with Crippen molar-refractivity contribution >= 4 is 51.7 Å². The van der Waals surface area contributed by atoms with Gasteiger partial charge in [0, 0.05) is 25.9 Å². The highest BCUT2D eigenvalue weighted by Crippen LogP contribution is 2.33. The molecule has 2 aliphatic heterocycles. The van der Waals surface area contributed by atoms with Crippen LogP contribution in [0.5, 0.6) is 0 Å². The Hall–Kier alpha value is -3.01. The molecule has 0 spiro atoms. The molecule has 3 aromatic rings. The van der Waals surface area contributed by atoms with Crippen LogP contribution in [0.15, 0.2) is 64.4 Å². The first-order valence-corrected chi connectivity index (χ1v) is 12.5. The number of amides is 1. The van der Waals surface area contributed by atoms with E-state index in [1.165, 1.54) is 16.2 Å². The summed E-state index contributed by atoms with van der Waals surface area (Å²) in [6, 6.07) is 15.4. The Bertz CT molecular complexity index is 1320. The topological polar surface area (TPSA) is 75.9 Å². The van der Waals surface area contributed by atoms with Gasteiger partial charge in [-0.25, -0.2) is 4.98 Å². The van der Waals surface area contributed by atoms with Crippen molar-refractivity contribution < 1.29 is 9.53 Å². The van der Waals surface area contributed by atoms with Gasteiger partial charge < -0.3 is 10.1 Å². The summed E-state index contributed by atoms with van der Waals surface area (Å²) in [5.41, 5.74) is 1.77. The van der Waals surface area contributed by atoms with E-state index in [2.05, 4.69) is 10.3 Å². The fourth-order valence-electron chi connectivity index (χ4n) is 4.09. The van der Waals surface area contributed by atoms with Crippen molar-refractivity contribution in [3.05, 3.63) is 81.1 Å². The van der Waals surface area contributed by atoms with E-state index >= 15 is 0 Å². The molecular weight excluding hydrogens is 468 g/mol. The number of nitrogens with zero attached hydrogens (tertiary/aromatic N) is 3. The van der Waals surface area contributed by atoms with Crippen molar-refractivity contribution in [1.82, 2.24) is 14.3 Å². The highest BCUT2D eigenvalue weighted by Gasteiger charge is 2.32. The Balaban J connectivity index is 1.44. The van der Waals surface area contributed by atoms with Crippen molar-refractivity contribution in [1.29, 1.82) is 0 Å². The number of thiocarbonyl (C=S) groups is 1. The molecule has 1 atom stereocenters. The Morgan fingerprint density at radius 3 is 2.79 bits per heavy atom. The van der Waals surface area contributed by atoms with Crippen LogP contribution in [0.3, 0.4) is 0 Å². The molecule has 2 saturated heterocycles. The zero-order chi connectivity index (χ0) is 23.5. The van der Waals surface area contributed by atoms with Crippen LogP contribution in [0, 0.1) is 0 Å². The van der Waals surface area contributed by atoms with Gasteiger partial charge >= 0.3 is 0 Å². The standard InChI is InChI=1S/C25H24N4O3S2/c30-23-19(15-20-24(31)29(25(33)34-20)13-11-17-7-2-1-3-8-17)22(26-16-18-9-6-14-32-18)27-21-10-4-5-12-28(21)23/h1-5,7-8,10,12,15,18,26H,6,9,11,13-14,16H2/b20-15-/t18-/m1/s1. The van der Waals surface area contributed by atoms with E-state index in [4.69, 9.17) is 17.0 Å². The molecule has 5 rings (SSSR count). The predicted molar refractivity (Wildman–Crippen MR) is 139 cm³/mol. The van der Waals surface area contributed by atoms with Gasteiger partial charge in [0.25, 0.3) is 11.5 Å². The van der Waals surface area contributed by atoms with Gasteiger partial charge in [0.2, 0.25) is 0 Å². The van der Waals surface area contributed by atoms with Crippen LogP contribution >= 0.6 is 24.0 Å². The van der Waals surface area contributed by atoms with Crippen LogP contribution in [-0.4, -0.2) is 50.3 Å². The molecule has 2 aromatic heterocycles. The summed E-state index contributed by atoms with van der Waals surface area (Å²) >= 11 is 6.71. The molecule has 0 aliphatic carbocycles. The number of pyridine rings is 1. The first kappa shape index (κ1) is 22.8. The van der Waals surface area contributed by atoms with E-state index in [1.807, 2.05) is 36.4 Å². The quantitative estimate of drug-likeness (QED) is 0.398. The van der Waals surface area contributed by atoms with Gasteiger partial charge in [-0.05, 0) is 43.0 Å². The fourth-order valence-corrected chi connectivity index (χ4v) is 5.38. The van der Waals surface area contributed by atoms with Crippen LogP contribution in [-0.2, 0) is 16.0 Å². The van der Waals surface area contributed by atoms with E-state index in [9.17, 15) is 9.59 Å². The summed E-state index contributed by atoms with van der Waals surface area (Å²) in [7, 11) is 0. The minimum Gasteiger partial charge on any atom is -0.376 e. The number of nitrogens with one attached hydrogen (secondary N) is 1. The van der Waals surface area contributed by atoms with E-state index in [0.717, 1.165) is 25.0 Å². The zero-order valence-electron chi connectivity index (χ0n) is 18.5. The summed E-state index contributed by atoms with van der Waals surface area (Å²) < 4.78 is 7.68. The monoisotopic (exact) mass is 492 g/mol. The molecule has 1 N–H and O–H groups in total.